The molecular weight excluding hydrogens is 230 g/mol. The number of nitrogens with zero attached hydrogens (tertiary/aromatic N) is 3. The monoisotopic (exact) mass is 245 g/mol. The van der Waals surface area contributed by atoms with E-state index in [1.807, 2.05) is 39.0 Å². The van der Waals surface area contributed by atoms with Crippen LogP contribution in [0.25, 0.3) is 11.4 Å². The van der Waals surface area contributed by atoms with Crippen LogP contribution in [-0.2, 0) is 4.79 Å². The van der Waals surface area contributed by atoms with Crippen molar-refractivity contribution in [2.24, 2.45) is 5.92 Å². The van der Waals surface area contributed by atoms with Gasteiger partial charge in [0.25, 0.3) is 0 Å². The minimum absolute atomic E-state index is 0.0330. The van der Waals surface area contributed by atoms with Crippen LogP contribution in [0.2, 0.25) is 0 Å². The summed E-state index contributed by atoms with van der Waals surface area (Å²) in [6.07, 6.45) is 0. The molecule has 0 aliphatic rings. The Morgan fingerprint density at radius 3 is 2.78 bits per heavy atom. The Bertz CT molecular complexity index is 548. The van der Waals surface area contributed by atoms with E-state index in [4.69, 9.17) is 0 Å². The van der Waals surface area contributed by atoms with Gasteiger partial charge in [-0.2, -0.15) is 0 Å². The van der Waals surface area contributed by atoms with Crippen LogP contribution in [0.15, 0.2) is 18.2 Å². The molecule has 1 heterocycles. The predicted molar refractivity (Wildman–Crippen MR) is 67.8 cm³/mol. The van der Waals surface area contributed by atoms with Crippen molar-refractivity contribution in [3.63, 3.8) is 0 Å². The van der Waals surface area contributed by atoms with E-state index in [1.54, 1.807) is 0 Å². The second-order valence-electron chi connectivity index (χ2n) is 4.44. The number of amides is 1. The van der Waals surface area contributed by atoms with Gasteiger partial charge in [-0.3, -0.25) is 4.79 Å². The van der Waals surface area contributed by atoms with Crippen molar-refractivity contribution >= 4 is 11.6 Å². The average Bonchev–Trinajstić information content (AvgIpc) is 2.82. The van der Waals surface area contributed by atoms with Crippen LogP contribution >= 0.6 is 0 Å². The molecule has 2 rings (SSSR count). The molecule has 1 aromatic carbocycles. The number of carbonyl (C=O) groups is 1. The molecule has 0 spiro atoms. The minimum atomic E-state index is -0.0776. The normalized spacial score (nSPS) is 10.7. The molecule has 1 aromatic heterocycles. The fourth-order valence-corrected chi connectivity index (χ4v) is 1.52. The highest BCUT2D eigenvalue weighted by Crippen LogP contribution is 2.26. The number of hydrogen-bond acceptors (Lipinski definition) is 4. The number of H-pyrrole nitrogens is 1. The van der Waals surface area contributed by atoms with Gasteiger partial charge in [0, 0.05) is 11.5 Å². The molecule has 0 saturated heterocycles. The second kappa shape index (κ2) is 4.95. The molecule has 0 aliphatic carbocycles. The highest BCUT2D eigenvalue weighted by Gasteiger charge is 2.13. The van der Waals surface area contributed by atoms with E-state index >= 15 is 0 Å². The quantitative estimate of drug-likeness (QED) is 0.863. The summed E-state index contributed by atoms with van der Waals surface area (Å²) in [6.45, 7) is 5.66. The third kappa shape index (κ3) is 2.53. The molecule has 0 bridgehead atoms. The lowest BCUT2D eigenvalue weighted by Crippen LogP contribution is -2.18. The van der Waals surface area contributed by atoms with Gasteiger partial charge in [0.2, 0.25) is 5.91 Å². The standard InChI is InChI=1S/C12H15N5O/c1-7(2)12(18)13-10-6-8(3)4-5-9(10)11-14-16-17-15-11/h4-7H,1-3H3,(H,13,18)(H,14,15,16,17). The van der Waals surface area contributed by atoms with Gasteiger partial charge in [0.1, 0.15) is 0 Å². The molecule has 1 amide bonds. The highest BCUT2D eigenvalue weighted by atomic mass is 16.1. The first-order valence-electron chi connectivity index (χ1n) is 5.73. The highest BCUT2D eigenvalue weighted by molar-refractivity contribution is 5.95. The number of benzene rings is 1. The van der Waals surface area contributed by atoms with Crippen LogP contribution < -0.4 is 5.32 Å². The summed E-state index contributed by atoms with van der Waals surface area (Å²) in [5, 5.41) is 16.5. The van der Waals surface area contributed by atoms with Crippen molar-refractivity contribution in [2.75, 3.05) is 5.32 Å². The number of anilines is 1. The van der Waals surface area contributed by atoms with E-state index in [9.17, 15) is 4.79 Å². The Hall–Kier alpha value is -2.24. The van der Waals surface area contributed by atoms with Crippen LogP contribution in [0, 0.1) is 12.8 Å². The van der Waals surface area contributed by atoms with Crippen LogP contribution in [-0.4, -0.2) is 26.5 Å². The first kappa shape index (κ1) is 12.2. The summed E-state index contributed by atoms with van der Waals surface area (Å²) < 4.78 is 0. The van der Waals surface area contributed by atoms with Gasteiger partial charge in [0.15, 0.2) is 5.82 Å². The zero-order valence-electron chi connectivity index (χ0n) is 10.6. The lowest BCUT2D eigenvalue weighted by atomic mass is 10.1. The van der Waals surface area contributed by atoms with Gasteiger partial charge < -0.3 is 5.32 Å². The Morgan fingerprint density at radius 2 is 2.17 bits per heavy atom. The maximum atomic E-state index is 11.8. The number of carbonyl (C=O) groups excluding carboxylic acids is 1. The summed E-state index contributed by atoms with van der Waals surface area (Å²) in [7, 11) is 0. The smallest absolute Gasteiger partial charge is 0.226 e. The summed E-state index contributed by atoms with van der Waals surface area (Å²) in [5.41, 5.74) is 2.55. The molecule has 18 heavy (non-hydrogen) atoms. The predicted octanol–water partition coefficient (Wildman–Crippen LogP) is 1.77. The van der Waals surface area contributed by atoms with Gasteiger partial charge in [-0.1, -0.05) is 19.9 Å². The average molecular weight is 245 g/mol. The van der Waals surface area contributed by atoms with Gasteiger partial charge in [-0.05, 0) is 35.0 Å². The first-order valence-corrected chi connectivity index (χ1v) is 5.73. The topological polar surface area (TPSA) is 83.6 Å². The number of nitrogens with one attached hydrogen (secondary N) is 2. The number of hydrogen-bond donors (Lipinski definition) is 2. The largest absolute Gasteiger partial charge is 0.325 e. The molecule has 6 nitrogen and oxygen atoms in total. The summed E-state index contributed by atoms with van der Waals surface area (Å²) in [5.74, 6) is 0.426. The fraction of sp³-hybridized carbons (Fsp3) is 0.333. The van der Waals surface area contributed by atoms with Crippen molar-refractivity contribution in [3.05, 3.63) is 23.8 Å². The van der Waals surface area contributed by atoms with Gasteiger partial charge in [0.05, 0.1) is 5.69 Å². The van der Waals surface area contributed by atoms with Crippen molar-refractivity contribution in [3.8, 4) is 11.4 Å². The van der Waals surface area contributed by atoms with Gasteiger partial charge in [-0.15, -0.1) is 5.10 Å². The molecule has 0 unspecified atom stereocenters. The number of tetrazole rings is 1. The van der Waals surface area contributed by atoms with Crippen molar-refractivity contribution in [1.29, 1.82) is 0 Å². The summed E-state index contributed by atoms with van der Waals surface area (Å²) in [4.78, 5) is 11.8. The van der Waals surface area contributed by atoms with Crippen LogP contribution in [0.3, 0.4) is 0 Å². The van der Waals surface area contributed by atoms with Gasteiger partial charge in [-0.25, -0.2) is 5.10 Å². The molecule has 0 fully saturated rings. The van der Waals surface area contributed by atoms with Crippen molar-refractivity contribution in [2.45, 2.75) is 20.8 Å². The number of aromatic amines is 1. The molecule has 0 radical (unpaired) electrons. The molecule has 0 saturated carbocycles. The summed E-state index contributed by atoms with van der Waals surface area (Å²) in [6, 6.07) is 5.73. The molecular formula is C12H15N5O. The number of rotatable bonds is 3. The Kier molecular flexibility index (Phi) is 3.36. The third-order valence-corrected chi connectivity index (χ3v) is 2.56. The number of aryl methyl sites for hydroxylation is 1. The van der Waals surface area contributed by atoms with Crippen LogP contribution in [0.5, 0.6) is 0 Å². The van der Waals surface area contributed by atoms with E-state index in [1.165, 1.54) is 0 Å². The third-order valence-electron chi connectivity index (χ3n) is 2.56. The van der Waals surface area contributed by atoms with E-state index in [-0.39, 0.29) is 11.8 Å². The first-order chi connectivity index (χ1) is 8.58. The van der Waals surface area contributed by atoms with E-state index in [0.717, 1.165) is 11.1 Å². The van der Waals surface area contributed by atoms with E-state index in [2.05, 4.69) is 25.9 Å². The molecule has 0 atom stereocenters. The van der Waals surface area contributed by atoms with E-state index < -0.39 is 0 Å². The van der Waals surface area contributed by atoms with Crippen LogP contribution in [0.1, 0.15) is 19.4 Å². The SMILES string of the molecule is Cc1ccc(-c2nnn[nH]2)c(NC(=O)C(C)C)c1. The Balaban J connectivity index is 2.39. The maximum absolute atomic E-state index is 11.8. The minimum Gasteiger partial charge on any atom is -0.325 e. The van der Waals surface area contributed by atoms with Crippen molar-refractivity contribution in [1.82, 2.24) is 20.6 Å². The lowest BCUT2D eigenvalue weighted by Gasteiger charge is -2.11. The molecule has 6 heteroatoms. The molecule has 2 N–H and O–H groups in total. The maximum Gasteiger partial charge on any atom is 0.226 e. The van der Waals surface area contributed by atoms with Gasteiger partial charge >= 0.3 is 0 Å². The number of aromatic nitrogens is 4. The molecule has 2 aromatic rings. The fourth-order valence-electron chi connectivity index (χ4n) is 1.52. The Labute approximate surface area is 105 Å². The summed E-state index contributed by atoms with van der Waals surface area (Å²) >= 11 is 0. The molecule has 0 aliphatic heterocycles. The lowest BCUT2D eigenvalue weighted by molar-refractivity contribution is -0.118. The van der Waals surface area contributed by atoms with Crippen LogP contribution in [0.4, 0.5) is 5.69 Å². The molecule has 94 valence electrons. The van der Waals surface area contributed by atoms with E-state index in [0.29, 0.717) is 11.5 Å². The van der Waals surface area contributed by atoms with Crippen molar-refractivity contribution < 1.29 is 4.79 Å². The zero-order valence-corrected chi connectivity index (χ0v) is 10.6. The second-order valence-corrected chi connectivity index (χ2v) is 4.44. The zero-order chi connectivity index (χ0) is 13.1. The Morgan fingerprint density at radius 1 is 1.39 bits per heavy atom.